The third-order valence-corrected chi connectivity index (χ3v) is 5.60. The summed E-state index contributed by atoms with van der Waals surface area (Å²) >= 11 is 1.72. The van der Waals surface area contributed by atoms with Crippen molar-refractivity contribution in [2.24, 2.45) is 0 Å². The van der Waals surface area contributed by atoms with E-state index in [1.165, 1.54) is 0 Å². The smallest absolute Gasteiger partial charge is 0.329 e. The first-order chi connectivity index (χ1) is 11.6. The molecule has 0 saturated carbocycles. The van der Waals surface area contributed by atoms with Gasteiger partial charge in [-0.15, -0.1) is 0 Å². The van der Waals surface area contributed by atoms with Crippen molar-refractivity contribution in [2.75, 3.05) is 42.7 Å². The number of nitrogens with one attached hydrogen (secondary N) is 1. The van der Waals surface area contributed by atoms with Crippen molar-refractivity contribution >= 4 is 29.3 Å². The van der Waals surface area contributed by atoms with Gasteiger partial charge in [-0.1, -0.05) is 0 Å². The lowest BCUT2D eigenvalue weighted by atomic mass is 9.92. The molecular weight excluding hydrogens is 328 g/mol. The average molecular weight is 350 g/mol. The Balaban J connectivity index is 1.69. The summed E-state index contributed by atoms with van der Waals surface area (Å²) in [6.45, 7) is 3.10. The van der Waals surface area contributed by atoms with Crippen LogP contribution in [0.1, 0.15) is 23.2 Å². The molecule has 2 aliphatic heterocycles. The molecule has 0 spiro atoms. The topological polar surface area (TPSA) is 78.9 Å². The van der Waals surface area contributed by atoms with Crippen LogP contribution >= 0.6 is 11.8 Å². The van der Waals surface area contributed by atoms with Gasteiger partial charge < -0.3 is 20.1 Å². The number of amides is 1. The zero-order chi connectivity index (χ0) is 17.0. The molecule has 2 heterocycles. The molecule has 1 aromatic carbocycles. The van der Waals surface area contributed by atoms with Gasteiger partial charge in [0.25, 0.3) is 5.91 Å². The number of rotatable bonds is 4. The molecule has 130 valence electrons. The largest absolute Gasteiger partial charge is 0.480 e. The van der Waals surface area contributed by atoms with E-state index in [1.807, 2.05) is 12.1 Å². The van der Waals surface area contributed by atoms with E-state index in [1.54, 1.807) is 23.9 Å². The summed E-state index contributed by atoms with van der Waals surface area (Å²) in [5.74, 6) is 0.240. The fourth-order valence-corrected chi connectivity index (χ4v) is 4.24. The Morgan fingerprint density at radius 2 is 1.75 bits per heavy atom. The van der Waals surface area contributed by atoms with Crippen LogP contribution in [0, 0.1) is 0 Å². The Morgan fingerprint density at radius 3 is 2.33 bits per heavy atom. The van der Waals surface area contributed by atoms with Crippen molar-refractivity contribution in [3.05, 3.63) is 29.8 Å². The minimum Gasteiger partial charge on any atom is -0.480 e. The Bertz CT molecular complexity index is 593. The molecule has 3 rings (SSSR count). The number of carboxylic acid groups (broad SMARTS) is 1. The predicted molar refractivity (Wildman–Crippen MR) is 93.9 cm³/mol. The summed E-state index contributed by atoms with van der Waals surface area (Å²) in [7, 11) is 0. The number of hydrogen-bond donors (Lipinski definition) is 2. The van der Waals surface area contributed by atoms with Crippen LogP contribution in [0.2, 0.25) is 0 Å². The van der Waals surface area contributed by atoms with Gasteiger partial charge in [-0.3, -0.25) is 4.79 Å². The number of aliphatic carboxylic acids is 1. The third-order valence-electron chi connectivity index (χ3n) is 4.61. The quantitative estimate of drug-likeness (QED) is 0.859. The van der Waals surface area contributed by atoms with Crippen molar-refractivity contribution in [2.45, 2.75) is 18.4 Å². The molecule has 0 atom stereocenters. The van der Waals surface area contributed by atoms with Crippen molar-refractivity contribution in [1.29, 1.82) is 0 Å². The number of benzene rings is 1. The Kier molecular flexibility index (Phi) is 5.30. The first kappa shape index (κ1) is 17.1. The lowest BCUT2D eigenvalue weighted by Crippen LogP contribution is -2.56. The van der Waals surface area contributed by atoms with Crippen LogP contribution < -0.4 is 10.2 Å². The summed E-state index contributed by atoms with van der Waals surface area (Å²) in [5.41, 5.74) is 0.410. The maximum absolute atomic E-state index is 12.5. The van der Waals surface area contributed by atoms with Gasteiger partial charge in [0.15, 0.2) is 0 Å². The molecule has 2 aliphatic rings. The predicted octanol–water partition coefficient (Wildman–Crippen LogP) is 1.60. The Hall–Kier alpha value is -1.73. The fraction of sp³-hybridized carbons (Fsp3) is 0.529. The van der Waals surface area contributed by atoms with E-state index in [0.717, 1.165) is 30.3 Å². The van der Waals surface area contributed by atoms with Gasteiger partial charge in [-0.2, -0.15) is 11.8 Å². The Morgan fingerprint density at radius 1 is 1.12 bits per heavy atom. The molecule has 7 heteroatoms. The van der Waals surface area contributed by atoms with Crippen molar-refractivity contribution in [3.63, 3.8) is 0 Å². The number of carboxylic acids is 1. The molecule has 24 heavy (non-hydrogen) atoms. The van der Waals surface area contributed by atoms with E-state index < -0.39 is 11.5 Å². The summed E-state index contributed by atoms with van der Waals surface area (Å²) < 4.78 is 5.34. The highest BCUT2D eigenvalue weighted by Gasteiger charge is 2.41. The van der Waals surface area contributed by atoms with Crippen LogP contribution in [0.3, 0.4) is 0 Å². The second-order valence-electron chi connectivity index (χ2n) is 6.10. The standard InChI is InChI=1S/C17H22N2O4S/c20-15(18-17(16(21)22)5-11-24-12-6-17)13-1-3-14(4-2-13)19-7-9-23-10-8-19/h1-4H,5-12H2,(H,18,20)(H,21,22). The number of thioether (sulfide) groups is 1. The third kappa shape index (κ3) is 3.67. The van der Waals surface area contributed by atoms with Gasteiger partial charge in [0.1, 0.15) is 5.54 Å². The Labute approximate surface area is 145 Å². The second kappa shape index (κ2) is 7.44. The molecule has 0 aromatic heterocycles. The zero-order valence-corrected chi connectivity index (χ0v) is 14.3. The van der Waals surface area contributed by atoms with Crippen LogP contribution in [-0.4, -0.2) is 60.3 Å². The molecular formula is C17H22N2O4S. The van der Waals surface area contributed by atoms with Gasteiger partial charge in [-0.25, -0.2) is 4.79 Å². The number of anilines is 1. The highest BCUT2D eigenvalue weighted by atomic mass is 32.2. The summed E-state index contributed by atoms with van der Waals surface area (Å²) in [6, 6.07) is 7.33. The second-order valence-corrected chi connectivity index (χ2v) is 7.32. The molecule has 2 N–H and O–H groups in total. The minimum atomic E-state index is -1.13. The first-order valence-corrected chi connectivity index (χ1v) is 9.33. The van der Waals surface area contributed by atoms with Gasteiger partial charge in [0.05, 0.1) is 13.2 Å². The molecule has 2 fully saturated rings. The number of morpholine rings is 1. The molecule has 2 saturated heterocycles. The maximum Gasteiger partial charge on any atom is 0.329 e. The molecule has 1 aromatic rings. The van der Waals surface area contributed by atoms with E-state index in [4.69, 9.17) is 4.74 Å². The van der Waals surface area contributed by atoms with E-state index in [-0.39, 0.29) is 5.91 Å². The van der Waals surface area contributed by atoms with Gasteiger partial charge in [-0.05, 0) is 48.6 Å². The molecule has 6 nitrogen and oxygen atoms in total. The molecule has 0 radical (unpaired) electrons. The number of hydrogen-bond acceptors (Lipinski definition) is 5. The van der Waals surface area contributed by atoms with Gasteiger partial charge >= 0.3 is 5.97 Å². The first-order valence-electron chi connectivity index (χ1n) is 8.17. The van der Waals surface area contributed by atoms with Crippen LogP contribution in [0.15, 0.2) is 24.3 Å². The van der Waals surface area contributed by atoms with Gasteiger partial charge in [0, 0.05) is 24.3 Å². The summed E-state index contributed by atoms with van der Waals surface area (Å²) in [5, 5.41) is 12.3. The van der Waals surface area contributed by atoms with E-state index in [9.17, 15) is 14.7 Å². The van der Waals surface area contributed by atoms with Crippen LogP contribution in [-0.2, 0) is 9.53 Å². The lowest BCUT2D eigenvalue weighted by molar-refractivity contribution is -0.144. The minimum absolute atomic E-state index is 0.321. The van der Waals surface area contributed by atoms with Crippen LogP contribution in [0.25, 0.3) is 0 Å². The average Bonchev–Trinajstić information content (AvgIpc) is 2.63. The zero-order valence-electron chi connectivity index (χ0n) is 13.5. The lowest BCUT2D eigenvalue weighted by Gasteiger charge is -2.33. The highest BCUT2D eigenvalue weighted by molar-refractivity contribution is 7.99. The fourth-order valence-electron chi connectivity index (χ4n) is 3.05. The molecule has 0 unspecified atom stereocenters. The summed E-state index contributed by atoms with van der Waals surface area (Å²) in [6.07, 6.45) is 0.926. The number of nitrogens with zero attached hydrogens (tertiary/aromatic N) is 1. The van der Waals surface area contributed by atoms with E-state index in [0.29, 0.717) is 31.6 Å². The normalized spacial score (nSPS) is 20.4. The van der Waals surface area contributed by atoms with Crippen molar-refractivity contribution < 1.29 is 19.4 Å². The SMILES string of the molecule is O=C(NC1(C(=O)O)CCSCC1)c1ccc(N2CCOCC2)cc1. The van der Waals surface area contributed by atoms with E-state index in [2.05, 4.69) is 10.2 Å². The van der Waals surface area contributed by atoms with Crippen molar-refractivity contribution in [3.8, 4) is 0 Å². The highest BCUT2D eigenvalue weighted by Crippen LogP contribution is 2.28. The van der Waals surface area contributed by atoms with Crippen LogP contribution in [0.4, 0.5) is 5.69 Å². The number of ether oxygens (including phenoxy) is 1. The molecule has 0 bridgehead atoms. The van der Waals surface area contributed by atoms with Crippen molar-refractivity contribution in [1.82, 2.24) is 5.32 Å². The molecule has 0 aliphatic carbocycles. The van der Waals surface area contributed by atoms with Gasteiger partial charge in [0.2, 0.25) is 0 Å². The van der Waals surface area contributed by atoms with Crippen LogP contribution in [0.5, 0.6) is 0 Å². The van der Waals surface area contributed by atoms with E-state index >= 15 is 0 Å². The maximum atomic E-state index is 12.5. The number of carbonyl (C=O) groups excluding carboxylic acids is 1. The monoisotopic (exact) mass is 350 g/mol. The summed E-state index contributed by atoms with van der Waals surface area (Å²) in [4.78, 5) is 26.4. The molecule has 1 amide bonds. The number of carbonyl (C=O) groups is 2.